The molecule has 1 rings (SSSR count). The number of hydrogen-bond acceptors (Lipinski definition) is 1. The van der Waals surface area contributed by atoms with Crippen molar-refractivity contribution < 1.29 is 4.39 Å². The lowest BCUT2D eigenvalue weighted by atomic mass is 10.8. The molecule has 0 N–H and O–H groups in total. The SMILES string of the molecule is FCn1[c]ccn1. The molecule has 0 bridgehead atoms. The number of aromatic nitrogens is 2. The molecular weight excluding hydrogens is 95.1 g/mol. The summed E-state index contributed by atoms with van der Waals surface area (Å²) in [5.41, 5.74) is 0. The summed E-state index contributed by atoms with van der Waals surface area (Å²) in [7, 11) is 0. The van der Waals surface area contributed by atoms with Crippen LogP contribution in [0.2, 0.25) is 0 Å². The van der Waals surface area contributed by atoms with Gasteiger partial charge in [0.2, 0.25) is 0 Å². The molecule has 2 nitrogen and oxygen atoms in total. The Balaban J connectivity index is 2.76. The van der Waals surface area contributed by atoms with E-state index in [2.05, 4.69) is 11.3 Å². The second kappa shape index (κ2) is 1.73. The number of nitrogens with zero attached hydrogens (tertiary/aromatic N) is 2. The maximum Gasteiger partial charge on any atom is 0.182 e. The van der Waals surface area contributed by atoms with Crippen LogP contribution in [0, 0.1) is 6.20 Å². The molecule has 37 valence electrons. The normalized spacial score (nSPS) is 9.29. The van der Waals surface area contributed by atoms with E-state index in [-0.39, 0.29) is 0 Å². The Labute approximate surface area is 40.6 Å². The Bertz CT molecular complexity index is 124. The average molecular weight is 99.1 g/mol. The van der Waals surface area contributed by atoms with Crippen molar-refractivity contribution in [3.8, 4) is 0 Å². The smallest absolute Gasteiger partial charge is 0.182 e. The molecule has 0 spiro atoms. The van der Waals surface area contributed by atoms with Crippen molar-refractivity contribution in [1.82, 2.24) is 9.78 Å². The van der Waals surface area contributed by atoms with Crippen LogP contribution in [-0.4, -0.2) is 9.78 Å². The molecule has 3 heteroatoms. The molecule has 0 saturated heterocycles. The first-order valence-electron chi connectivity index (χ1n) is 1.89. The van der Waals surface area contributed by atoms with Gasteiger partial charge >= 0.3 is 0 Å². The maximum absolute atomic E-state index is 11.4. The molecule has 1 heterocycles. The van der Waals surface area contributed by atoms with E-state index in [4.69, 9.17) is 0 Å². The highest BCUT2D eigenvalue weighted by Crippen LogP contribution is 1.80. The largest absolute Gasteiger partial charge is 0.232 e. The summed E-state index contributed by atoms with van der Waals surface area (Å²) in [4.78, 5) is 0. The van der Waals surface area contributed by atoms with Gasteiger partial charge in [-0.2, -0.15) is 5.10 Å². The van der Waals surface area contributed by atoms with E-state index >= 15 is 0 Å². The van der Waals surface area contributed by atoms with Gasteiger partial charge < -0.3 is 0 Å². The van der Waals surface area contributed by atoms with Crippen LogP contribution in [0.1, 0.15) is 0 Å². The van der Waals surface area contributed by atoms with Gasteiger partial charge in [0.15, 0.2) is 6.80 Å². The van der Waals surface area contributed by atoms with Crippen LogP contribution in [0.3, 0.4) is 0 Å². The molecular formula is C4H4FN2. The fourth-order valence-corrected chi connectivity index (χ4v) is 0.332. The zero-order valence-electron chi connectivity index (χ0n) is 3.63. The molecule has 7 heavy (non-hydrogen) atoms. The third-order valence-corrected chi connectivity index (χ3v) is 0.617. The first-order valence-corrected chi connectivity index (χ1v) is 1.89. The molecule has 0 saturated carbocycles. The lowest BCUT2D eigenvalue weighted by molar-refractivity contribution is 0.348. The van der Waals surface area contributed by atoms with Crippen LogP contribution in [0.15, 0.2) is 12.3 Å². The van der Waals surface area contributed by atoms with Crippen LogP contribution in [-0.2, 0) is 6.80 Å². The molecule has 0 aliphatic rings. The quantitative estimate of drug-likeness (QED) is 0.504. The highest BCUT2D eigenvalue weighted by Gasteiger charge is 1.81. The van der Waals surface area contributed by atoms with Crippen LogP contribution < -0.4 is 0 Å². The summed E-state index contributed by atoms with van der Waals surface area (Å²) in [5, 5.41) is 3.52. The van der Waals surface area contributed by atoms with E-state index in [9.17, 15) is 4.39 Å². The summed E-state index contributed by atoms with van der Waals surface area (Å²) in [6.07, 6.45) is 4.00. The zero-order valence-corrected chi connectivity index (χ0v) is 3.63. The highest BCUT2D eigenvalue weighted by atomic mass is 19.1. The summed E-state index contributed by atoms with van der Waals surface area (Å²) < 4.78 is 12.5. The van der Waals surface area contributed by atoms with Gasteiger partial charge in [-0.3, -0.25) is 0 Å². The number of hydrogen-bond donors (Lipinski definition) is 0. The van der Waals surface area contributed by atoms with Gasteiger partial charge in [0.25, 0.3) is 0 Å². The number of halogens is 1. The average Bonchev–Trinajstić information content (AvgIpc) is 2.14. The van der Waals surface area contributed by atoms with Crippen molar-refractivity contribution in [3.05, 3.63) is 18.5 Å². The Morgan fingerprint density at radius 1 is 1.86 bits per heavy atom. The molecule has 0 aromatic carbocycles. The lowest BCUT2D eigenvalue weighted by Gasteiger charge is -1.83. The molecule has 1 aromatic heterocycles. The topological polar surface area (TPSA) is 17.8 Å². The Hall–Kier alpha value is -0.860. The molecule has 0 aliphatic carbocycles. The number of alkyl halides is 1. The molecule has 0 unspecified atom stereocenters. The molecule has 0 amide bonds. The van der Waals surface area contributed by atoms with Crippen molar-refractivity contribution in [2.45, 2.75) is 6.80 Å². The summed E-state index contributed by atoms with van der Waals surface area (Å²) in [6, 6.07) is 1.56. The Kier molecular flexibility index (Phi) is 1.06. The standard InChI is InChI=1S/C4H4FN2/c5-4-7-3-1-2-6-7/h1-2H,4H2. The minimum Gasteiger partial charge on any atom is -0.232 e. The van der Waals surface area contributed by atoms with E-state index in [0.29, 0.717) is 0 Å². The van der Waals surface area contributed by atoms with Crippen molar-refractivity contribution in [3.63, 3.8) is 0 Å². The molecule has 0 atom stereocenters. The van der Waals surface area contributed by atoms with Crippen molar-refractivity contribution in [2.75, 3.05) is 0 Å². The van der Waals surface area contributed by atoms with E-state index < -0.39 is 6.80 Å². The van der Waals surface area contributed by atoms with Crippen LogP contribution in [0.5, 0.6) is 0 Å². The second-order valence-electron chi connectivity index (χ2n) is 1.08. The molecule has 1 radical (unpaired) electrons. The number of rotatable bonds is 1. The van der Waals surface area contributed by atoms with Crippen molar-refractivity contribution in [2.24, 2.45) is 0 Å². The van der Waals surface area contributed by atoms with Crippen LogP contribution >= 0.6 is 0 Å². The minimum absolute atomic E-state index is 0.590. The van der Waals surface area contributed by atoms with Gasteiger partial charge in [0.1, 0.15) is 0 Å². The first-order chi connectivity index (χ1) is 3.43. The van der Waals surface area contributed by atoms with Gasteiger partial charge in [0, 0.05) is 6.20 Å². The summed E-state index contributed by atoms with van der Waals surface area (Å²) >= 11 is 0. The molecule has 1 aromatic rings. The maximum atomic E-state index is 11.4. The Morgan fingerprint density at radius 2 is 2.71 bits per heavy atom. The monoisotopic (exact) mass is 99.0 g/mol. The van der Waals surface area contributed by atoms with E-state index in [1.54, 1.807) is 6.07 Å². The van der Waals surface area contributed by atoms with E-state index in [1.807, 2.05) is 0 Å². The van der Waals surface area contributed by atoms with Gasteiger partial charge in [-0.05, 0) is 6.07 Å². The van der Waals surface area contributed by atoms with Crippen molar-refractivity contribution in [1.29, 1.82) is 0 Å². The van der Waals surface area contributed by atoms with Crippen LogP contribution in [0.25, 0.3) is 0 Å². The van der Waals surface area contributed by atoms with E-state index in [1.165, 1.54) is 6.20 Å². The lowest BCUT2D eigenvalue weighted by Crippen LogP contribution is -1.90. The third-order valence-electron chi connectivity index (χ3n) is 0.617. The van der Waals surface area contributed by atoms with E-state index in [0.717, 1.165) is 4.68 Å². The zero-order chi connectivity index (χ0) is 5.11. The second-order valence-corrected chi connectivity index (χ2v) is 1.08. The van der Waals surface area contributed by atoms with Crippen LogP contribution in [0.4, 0.5) is 4.39 Å². The predicted octanol–water partition coefficient (Wildman–Crippen LogP) is 0.610. The van der Waals surface area contributed by atoms with Crippen molar-refractivity contribution >= 4 is 0 Å². The first kappa shape index (κ1) is 4.30. The molecule has 0 fully saturated rings. The van der Waals surface area contributed by atoms with Gasteiger partial charge in [-0.1, -0.05) is 0 Å². The molecule has 0 aliphatic heterocycles. The highest BCUT2D eigenvalue weighted by molar-refractivity contribution is 4.73. The van der Waals surface area contributed by atoms with Gasteiger partial charge in [0.05, 0.1) is 6.20 Å². The summed E-state index contributed by atoms with van der Waals surface area (Å²) in [5.74, 6) is 0. The minimum atomic E-state index is -0.590. The Morgan fingerprint density at radius 3 is 3.00 bits per heavy atom. The fraction of sp³-hybridized carbons (Fsp3) is 0.250. The summed E-state index contributed by atoms with van der Waals surface area (Å²) in [6.45, 7) is -0.590. The fourth-order valence-electron chi connectivity index (χ4n) is 0.332. The third kappa shape index (κ3) is 0.765. The van der Waals surface area contributed by atoms with Gasteiger partial charge in [-0.15, -0.1) is 0 Å². The predicted molar refractivity (Wildman–Crippen MR) is 22.2 cm³/mol. The van der Waals surface area contributed by atoms with Gasteiger partial charge in [-0.25, -0.2) is 9.07 Å².